The van der Waals surface area contributed by atoms with E-state index in [2.05, 4.69) is 16.0 Å². The number of hydrogen-bond acceptors (Lipinski definition) is 4. The Hall–Kier alpha value is -2.57. The molecule has 0 spiro atoms. The second-order valence-corrected chi connectivity index (χ2v) is 6.18. The quantitative estimate of drug-likeness (QED) is 0.657. The Morgan fingerprint density at radius 1 is 0.958 bits per heavy atom. The number of amides is 3. The topological polar surface area (TPSA) is 96.5 Å². The lowest BCUT2D eigenvalue weighted by Crippen LogP contribution is -2.40. The fraction of sp³-hybridized carbons (Fsp3) is 0.471. The number of rotatable bonds is 7. The number of carbonyl (C=O) groups is 3. The van der Waals surface area contributed by atoms with Crippen molar-refractivity contribution in [3.8, 4) is 0 Å². The molecule has 0 aliphatic rings. The van der Waals surface area contributed by atoms with E-state index >= 15 is 0 Å². The first-order valence-corrected chi connectivity index (χ1v) is 7.85. The number of benzene rings is 1. The summed E-state index contributed by atoms with van der Waals surface area (Å²) in [6.45, 7) is 5.95. The molecule has 3 N–H and O–H groups in total. The van der Waals surface area contributed by atoms with Crippen LogP contribution < -0.4 is 16.0 Å². The molecule has 1 rings (SSSR count). The Bertz CT molecular complexity index is 553. The standard InChI is InChI=1S/C17H25N3O4/c1-17(2,3)24-16(23)20-12-14(21)18-10-7-11-19-15(22)13-8-5-4-6-9-13/h4-6,8-9H,7,10-12H2,1-3H3,(H,18,21)(H,19,22)(H,20,23). The minimum absolute atomic E-state index is 0.145. The molecule has 0 saturated carbocycles. The van der Waals surface area contributed by atoms with E-state index in [1.165, 1.54) is 0 Å². The zero-order valence-electron chi connectivity index (χ0n) is 14.3. The highest BCUT2D eigenvalue weighted by Crippen LogP contribution is 2.06. The summed E-state index contributed by atoms with van der Waals surface area (Å²) in [6, 6.07) is 8.91. The molecule has 0 unspecified atom stereocenters. The zero-order valence-corrected chi connectivity index (χ0v) is 14.3. The fourth-order valence-electron chi connectivity index (χ4n) is 1.74. The SMILES string of the molecule is CC(C)(C)OC(=O)NCC(=O)NCCCNC(=O)c1ccccc1. The highest BCUT2D eigenvalue weighted by atomic mass is 16.6. The molecular formula is C17H25N3O4. The van der Waals surface area contributed by atoms with Gasteiger partial charge in [0.1, 0.15) is 5.60 Å². The van der Waals surface area contributed by atoms with Gasteiger partial charge in [0, 0.05) is 18.7 Å². The van der Waals surface area contributed by atoms with Crippen LogP contribution in [0, 0.1) is 0 Å². The molecule has 0 atom stereocenters. The number of nitrogens with one attached hydrogen (secondary N) is 3. The maximum atomic E-state index is 11.8. The van der Waals surface area contributed by atoms with Crippen molar-refractivity contribution in [1.82, 2.24) is 16.0 Å². The minimum Gasteiger partial charge on any atom is -0.444 e. The molecule has 24 heavy (non-hydrogen) atoms. The van der Waals surface area contributed by atoms with Crippen LogP contribution in [0.4, 0.5) is 4.79 Å². The largest absolute Gasteiger partial charge is 0.444 e. The van der Waals surface area contributed by atoms with E-state index in [0.29, 0.717) is 25.1 Å². The molecule has 0 bridgehead atoms. The number of carbonyl (C=O) groups excluding carboxylic acids is 3. The summed E-state index contributed by atoms with van der Waals surface area (Å²) < 4.78 is 5.02. The number of alkyl carbamates (subject to hydrolysis) is 1. The third kappa shape index (κ3) is 8.77. The zero-order chi connectivity index (χ0) is 18.0. The molecule has 0 aromatic heterocycles. The van der Waals surface area contributed by atoms with Gasteiger partial charge >= 0.3 is 6.09 Å². The second-order valence-electron chi connectivity index (χ2n) is 6.18. The van der Waals surface area contributed by atoms with E-state index < -0.39 is 11.7 Å². The van der Waals surface area contributed by atoms with Crippen LogP contribution in [-0.4, -0.2) is 43.1 Å². The third-order valence-corrected chi connectivity index (χ3v) is 2.79. The molecule has 7 heteroatoms. The van der Waals surface area contributed by atoms with Crippen LogP contribution in [0.15, 0.2) is 30.3 Å². The third-order valence-electron chi connectivity index (χ3n) is 2.79. The van der Waals surface area contributed by atoms with E-state index in [0.717, 1.165) is 0 Å². The predicted molar refractivity (Wildman–Crippen MR) is 90.6 cm³/mol. The van der Waals surface area contributed by atoms with Crippen LogP contribution in [0.1, 0.15) is 37.6 Å². The highest BCUT2D eigenvalue weighted by Gasteiger charge is 2.16. The van der Waals surface area contributed by atoms with Crippen molar-refractivity contribution in [2.45, 2.75) is 32.8 Å². The molecule has 1 aromatic rings. The van der Waals surface area contributed by atoms with Crippen LogP contribution >= 0.6 is 0 Å². The van der Waals surface area contributed by atoms with Crippen LogP contribution in [0.25, 0.3) is 0 Å². The van der Waals surface area contributed by atoms with Gasteiger partial charge in [0.15, 0.2) is 0 Å². The van der Waals surface area contributed by atoms with Gasteiger partial charge in [-0.3, -0.25) is 9.59 Å². The molecule has 0 aliphatic carbocycles. The molecule has 0 fully saturated rings. The first-order valence-electron chi connectivity index (χ1n) is 7.85. The van der Waals surface area contributed by atoms with Crippen LogP contribution in [0.3, 0.4) is 0 Å². The van der Waals surface area contributed by atoms with Gasteiger partial charge in [0.2, 0.25) is 5.91 Å². The Balaban J connectivity index is 2.09. The van der Waals surface area contributed by atoms with Crippen molar-refractivity contribution in [3.63, 3.8) is 0 Å². The van der Waals surface area contributed by atoms with Gasteiger partial charge in [0.25, 0.3) is 5.91 Å². The maximum absolute atomic E-state index is 11.8. The predicted octanol–water partition coefficient (Wildman–Crippen LogP) is 1.45. The van der Waals surface area contributed by atoms with Crippen LogP contribution in [0.5, 0.6) is 0 Å². The van der Waals surface area contributed by atoms with Gasteiger partial charge in [-0.25, -0.2) is 4.79 Å². The Morgan fingerprint density at radius 3 is 2.21 bits per heavy atom. The summed E-state index contributed by atoms with van der Waals surface area (Å²) in [7, 11) is 0. The summed E-state index contributed by atoms with van der Waals surface area (Å²) in [4.78, 5) is 34.7. The molecule has 3 amide bonds. The summed E-state index contributed by atoms with van der Waals surface area (Å²) in [5.74, 6) is -0.455. The molecule has 132 valence electrons. The van der Waals surface area contributed by atoms with Gasteiger partial charge < -0.3 is 20.7 Å². The summed E-state index contributed by atoms with van der Waals surface area (Å²) in [5, 5.41) is 7.80. The van der Waals surface area contributed by atoms with E-state index in [1.807, 2.05) is 6.07 Å². The molecule has 0 radical (unpaired) electrons. The van der Waals surface area contributed by atoms with Crippen molar-refractivity contribution in [2.75, 3.05) is 19.6 Å². The fourth-order valence-corrected chi connectivity index (χ4v) is 1.74. The van der Waals surface area contributed by atoms with E-state index in [1.54, 1.807) is 45.0 Å². The molecule has 0 saturated heterocycles. The Labute approximate surface area is 142 Å². The van der Waals surface area contributed by atoms with Crippen molar-refractivity contribution in [3.05, 3.63) is 35.9 Å². The summed E-state index contributed by atoms with van der Waals surface area (Å²) >= 11 is 0. The first kappa shape index (κ1) is 19.5. The minimum atomic E-state index is -0.632. The van der Waals surface area contributed by atoms with Gasteiger partial charge in [-0.05, 0) is 39.3 Å². The van der Waals surface area contributed by atoms with Crippen molar-refractivity contribution < 1.29 is 19.1 Å². The Morgan fingerprint density at radius 2 is 1.58 bits per heavy atom. The van der Waals surface area contributed by atoms with Crippen molar-refractivity contribution in [2.24, 2.45) is 0 Å². The average molecular weight is 335 g/mol. The molecule has 7 nitrogen and oxygen atoms in total. The van der Waals surface area contributed by atoms with Gasteiger partial charge in [0.05, 0.1) is 6.54 Å². The van der Waals surface area contributed by atoms with Crippen LogP contribution in [-0.2, 0) is 9.53 Å². The lowest BCUT2D eigenvalue weighted by Gasteiger charge is -2.19. The van der Waals surface area contributed by atoms with Gasteiger partial charge in [-0.1, -0.05) is 18.2 Å². The van der Waals surface area contributed by atoms with Crippen LogP contribution in [0.2, 0.25) is 0 Å². The van der Waals surface area contributed by atoms with E-state index in [-0.39, 0.29) is 18.4 Å². The molecular weight excluding hydrogens is 310 g/mol. The molecule has 0 heterocycles. The maximum Gasteiger partial charge on any atom is 0.408 e. The summed E-state index contributed by atoms with van der Waals surface area (Å²) in [6.07, 6.45) is -0.0377. The highest BCUT2D eigenvalue weighted by molar-refractivity contribution is 5.94. The molecule has 1 aromatic carbocycles. The number of ether oxygens (including phenoxy) is 1. The van der Waals surface area contributed by atoms with E-state index in [9.17, 15) is 14.4 Å². The average Bonchev–Trinajstić information content (AvgIpc) is 2.51. The normalized spacial score (nSPS) is 10.6. The first-order chi connectivity index (χ1) is 11.3. The number of hydrogen-bond donors (Lipinski definition) is 3. The van der Waals surface area contributed by atoms with Gasteiger partial charge in [-0.15, -0.1) is 0 Å². The molecule has 0 aliphatic heterocycles. The smallest absolute Gasteiger partial charge is 0.408 e. The summed E-state index contributed by atoms with van der Waals surface area (Å²) in [5.41, 5.74) is 0.000406. The van der Waals surface area contributed by atoms with E-state index in [4.69, 9.17) is 4.74 Å². The van der Waals surface area contributed by atoms with Crippen molar-refractivity contribution in [1.29, 1.82) is 0 Å². The lowest BCUT2D eigenvalue weighted by molar-refractivity contribution is -0.120. The Kier molecular flexibility index (Phi) is 7.74. The van der Waals surface area contributed by atoms with Crippen molar-refractivity contribution >= 4 is 17.9 Å². The monoisotopic (exact) mass is 335 g/mol. The lowest BCUT2D eigenvalue weighted by atomic mass is 10.2. The van der Waals surface area contributed by atoms with Gasteiger partial charge in [-0.2, -0.15) is 0 Å². The second kappa shape index (κ2) is 9.54.